The van der Waals surface area contributed by atoms with Gasteiger partial charge in [0.2, 0.25) is 29.5 Å². The molecule has 3 heterocycles. The SMILES string of the molecule is CC(C)CC1NC(=O)C(Cc2c[nH]c3ccccc23)NC(=O)CC([C+]=O)NC(=O)C2CCCN2C(=O)C(C(C)C)NC1=O. The van der Waals surface area contributed by atoms with Crippen molar-refractivity contribution in [2.24, 2.45) is 11.8 Å². The van der Waals surface area contributed by atoms with Crippen molar-refractivity contribution in [2.75, 3.05) is 6.54 Å². The molecule has 5 unspecified atom stereocenters. The second-order valence-corrected chi connectivity index (χ2v) is 12.2. The van der Waals surface area contributed by atoms with Crippen molar-refractivity contribution in [3.8, 4) is 0 Å². The van der Waals surface area contributed by atoms with E-state index in [2.05, 4.69) is 26.3 Å². The van der Waals surface area contributed by atoms with Gasteiger partial charge in [0.25, 0.3) is 0 Å². The summed E-state index contributed by atoms with van der Waals surface area (Å²) in [5.74, 6) is -3.02. The molecule has 0 spiro atoms. The number of rotatable bonds is 6. The fourth-order valence-corrected chi connectivity index (χ4v) is 5.78. The Morgan fingerprint density at radius 2 is 1.63 bits per heavy atom. The molecule has 2 aliphatic rings. The van der Waals surface area contributed by atoms with Gasteiger partial charge in [-0.3, -0.25) is 24.0 Å². The number of aromatic nitrogens is 1. The zero-order chi connectivity index (χ0) is 31.3. The van der Waals surface area contributed by atoms with E-state index in [1.165, 1.54) is 4.90 Å². The van der Waals surface area contributed by atoms with Crippen LogP contribution in [0.5, 0.6) is 0 Å². The Labute approximate surface area is 251 Å². The molecule has 2 saturated heterocycles. The highest BCUT2D eigenvalue weighted by atomic mass is 16.2. The van der Waals surface area contributed by atoms with Gasteiger partial charge in [-0.05, 0) is 42.7 Å². The molecule has 43 heavy (non-hydrogen) atoms. The van der Waals surface area contributed by atoms with Gasteiger partial charge in [-0.1, -0.05) is 45.9 Å². The zero-order valence-corrected chi connectivity index (χ0v) is 25.1. The lowest BCUT2D eigenvalue weighted by Crippen LogP contribution is -2.60. The Hall–Kier alpha value is -4.31. The lowest BCUT2D eigenvalue weighted by Gasteiger charge is -2.32. The van der Waals surface area contributed by atoms with Crippen LogP contribution >= 0.6 is 0 Å². The van der Waals surface area contributed by atoms with Crippen LogP contribution in [0.2, 0.25) is 0 Å². The molecule has 12 heteroatoms. The number of carbonyl (C=O) groups is 5. The fourth-order valence-electron chi connectivity index (χ4n) is 5.78. The molecule has 1 aromatic heterocycles. The average Bonchev–Trinajstić information content (AvgIpc) is 3.61. The number of hydrogen-bond donors (Lipinski definition) is 5. The van der Waals surface area contributed by atoms with Crippen LogP contribution in [-0.2, 0) is 35.2 Å². The molecule has 5 atom stereocenters. The van der Waals surface area contributed by atoms with Crippen LogP contribution in [0.3, 0.4) is 0 Å². The van der Waals surface area contributed by atoms with E-state index in [4.69, 9.17) is 0 Å². The molecule has 2 fully saturated rings. The lowest BCUT2D eigenvalue weighted by atomic mass is 9.98. The first-order valence-corrected chi connectivity index (χ1v) is 14.9. The number of para-hydroxylation sites is 1. The lowest BCUT2D eigenvalue weighted by molar-refractivity contribution is -0.143. The van der Waals surface area contributed by atoms with Crippen molar-refractivity contribution in [3.63, 3.8) is 0 Å². The van der Waals surface area contributed by atoms with Crippen LogP contribution in [0.25, 0.3) is 10.9 Å². The monoisotopic (exact) mass is 593 g/mol. The normalized spacial score (nSPS) is 26.1. The molecule has 4 rings (SSSR count). The summed E-state index contributed by atoms with van der Waals surface area (Å²) in [6.07, 6.45) is 4.37. The van der Waals surface area contributed by atoms with Crippen molar-refractivity contribution in [1.82, 2.24) is 31.2 Å². The van der Waals surface area contributed by atoms with E-state index in [1.807, 2.05) is 38.1 Å². The molecule has 0 bridgehead atoms. The number of benzene rings is 1. The van der Waals surface area contributed by atoms with E-state index in [1.54, 1.807) is 26.3 Å². The van der Waals surface area contributed by atoms with Gasteiger partial charge in [-0.15, -0.1) is 0 Å². The van der Waals surface area contributed by atoms with E-state index in [-0.39, 0.29) is 18.3 Å². The van der Waals surface area contributed by atoms with Crippen molar-refractivity contribution in [3.05, 3.63) is 36.0 Å². The maximum Gasteiger partial charge on any atom is 0.533 e. The summed E-state index contributed by atoms with van der Waals surface area (Å²) in [5.41, 5.74) is 1.63. The molecule has 1 aromatic carbocycles. The summed E-state index contributed by atoms with van der Waals surface area (Å²) in [6, 6.07) is 2.40. The first-order chi connectivity index (χ1) is 20.5. The van der Waals surface area contributed by atoms with E-state index in [0.717, 1.165) is 16.5 Å². The minimum Gasteiger partial charge on any atom is -0.361 e. The van der Waals surface area contributed by atoms with Gasteiger partial charge in [0, 0.05) is 34.9 Å². The number of amides is 5. The van der Waals surface area contributed by atoms with Crippen LogP contribution in [0.4, 0.5) is 0 Å². The summed E-state index contributed by atoms with van der Waals surface area (Å²) in [6.45, 7) is 7.74. The number of nitrogens with one attached hydrogen (secondary N) is 5. The van der Waals surface area contributed by atoms with E-state index in [9.17, 15) is 28.8 Å². The third kappa shape index (κ3) is 7.56. The minimum atomic E-state index is -1.27. The van der Waals surface area contributed by atoms with E-state index < -0.39 is 66.2 Å². The Morgan fingerprint density at radius 1 is 0.907 bits per heavy atom. The van der Waals surface area contributed by atoms with E-state index in [0.29, 0.717) is 25.8 Å². The number of aromatic amines is 1. The van der Waals surface area contributed by atoms with E-state index >= 15 is 0 Å². The highest BCUT2D eigenvalue weighted by molar-refractivity contribution is 5.97. The number of hydrogen-bond acceptors (Lipinski definition) is 6. The molecule has 2 aliphatic heterocycles. The molecule has 0 saturated carbocycles. The van der Waals surface area contributed by atoms with Crippen LogP contribution in [0, 0.1) is 11.8 Å². The van der Waals surface area contributed by atoms with Gasteiger partial charge in [0.1, 0.15) is 30.6 Å². The molecular weight excluding hydrogens is 552 g/mol. The number of H-pyrrole nitrogens is 1. The van der Waals surface area contributed by atoms with Crippen LogP contribution in [0.1, 0.15) is 58.9 Å². The third-order valence-electron chi connectivity index (χ3n) is 8.01. The van der Waals surface area contributed by atoms with Gasteiger partial charge >= 0.3 is 12.3 Å². The zero-order valence-electron chi connectivity index (χ0n) is 25.1. The predicted molar refractivity (Wildman–Crippen MR) is 159 cm³/mol. The van der Waals surface area contributed by atoms with Gasteiger partial charge in [0.15, 0.2) is 0 Å². The summed E-state index contributed by atoms with van der Waals surface area (Å²) in [5, 5.41) is 11.8. The van der Waals surface area contributed by atoms with Crippen LogP contribution < -0.4 is 21.3 Å². The third-order valence-corrected chi connectivity index (χ3v) is 8.01. The maximum atomic E-state index is 13.7. The topological polar surface area (TPSA) is 170 Å². The van der Waals surface area contributed by atoms with Crippen molar-refractivity contribution >= 4 is 46.7 Å². The first kappa shape index (κ1) is 31.6. The smallest absolute Gasteiger partial charge is 0.361 e. The summed E-state index contributed by atoms with van der Waals surface area (Å²) >= 11 is 0. The van der Waals surface area contributed by atoms with Crippen molar-refractivity contribution in [1.29, 1.82) is 0 Å². The van der Waals surface area contributed by atoms with Crippen molar-refractivity contribution < 1.29 is 28.8 Å². The minimum absolute atomic E-state index is 0.0204. The second-order valence-electron chi connectivity index (χ2n) is 12.2. The quantitative estimate of drug-likeness (QED) is 0.311. The largest absolute Gasteiger partial charge is 0.533 e. The molecule has 0 radical (unpaired) electrons. The van der Waals surface area contributed by atoms with Gasteiger partial charge in [-0.2, -0.15) is 0 Å². The molecule has 5 amide bonds. The molecule has 2 aromatic rings. The highest BCUT2D eigenvalue weighted by Crippen LogP contribution is 2.22. The van der Waals surface area contributed by atoms with Gasteiger partial charge < -0.3 is 31.2 Å². The molecule has 5 N–H and O–H groups in total. The fraction of sp³-hybridized carbons (Fsp3) is 0.548. The first-order valence-electron chi connectivity index (χ1n) is 14.9. The number of carbonyl (C=O) groups excluding carboxylic acids is 6. The Morgan fingerprint density at radius 3 is 2.33 bits per heavy atom. The molecule has 12 nitrogen and oxygen atoms in total. The van der Waals surface area contributed by atoms with Crippen LogP contribution in [0.15, 0.2) is 30.5 Å². The average molecular weight is 594 g/mol. The van der Waals surface area contributed by atoms with Crippen molar-refractivity contribution in [2.45, 2.75) is 90.0 Å². The highest BCUT2D eigenvalue weighted by Gasteiger charge is 2.42. The summed E-state index contributed by atoms with van der Waals surface area (Å²) < 4.78 is 0. The summed E-state index contributed by atoms with van der Waals surface area (Å²) in [7, 11) is 0. The Bertz CT molecular complexity index is 1370. The molecular formula is C31H41N6O6+. The predicted octanol–water partition coefficient (Wildman–Crippen LogP) is 0.856. The molecule has 230 valence electrons. The molecule has 0 aliphatic carbocycles. The Balaban J connectivity index is 1.70. The maximum absolute atomic E-state index is 13.7. The van der Waals surface area contributed by atoms with Gasteiger partial charge in [-0.25, -0.2) is 0 Å². The standard InChI is InChI=1S/C31H40N6O6/c1-17(2)12-23-29(41)36-27(18(3)4)31(43)37-11-7-10-25(37)30(42)33-20(16-38)14-26(39)34-24(28(40)35-23)13-19-15-32-22-9-6-5-8-21(19)22/h5-6,8-9,15,17-18,20,23-25,27,32H,7,10-14H2,1-4H3,(H3-,33,34,35,36,39,40,41,42)/p+1. The summed E-state index contributed by atoms with van der Waals surface area (Å²) in [4.78, 5) is 83.8. The van der Waals surface area contributed by atoms with Gasteiger partial charge in [0.05, 0.1) is 0 Å². The van der Waals surface area contributed by atoms with Crippen LogP contribution in [-0.4, -0.2) is 82.5 Å². The Kier molecular flexibility index (Phi) is 10.1. The number of nitrogens with zero attached hydrogens (tertiary/aromatic N) is 1. The second kappa shape index (κ2) is 13.8. The number of fused-ring (bicyclic) bond motifs is 2.